The predicted octanol–water partition coefficient (Wildman–Crippen LogP) is 6.95. The number of anilines is 2. The molecule has 3 heterocycles. The maximum atomic E-state index is 14.0. The molecule has 0 spiro atoms. The molecule has 3 aliphatic heterocycles. The lowest BCUT2D eigenvalue weighted by Gasteiger charge is -2.23. The molecule has 0 aliphatic carbocycles. The van der Waals surface area contributed by atoms with Crippen LogP contribution in [0.2, 0.25) is 0 Å². The van der Waals surface area contributed by atoms with Gasteiger partial charge in [0.2, 0.25) is 11.8 Å². The summed E-state index contributed by atoms with van der Waals surface area (Å²) >= 11 is 0. The molecule has 7 rings (SSSR count). The number of rotatable bonds is 8. The molecule has 0 aromatic heterocycles. The van der Waals surface area contributed by atoms with Gasteiger partial charge < -0.3 is 19.3 Å². The van der Waals surface area contributed by atoms with Crippen LogP contribution in [0.3, 0.4) is 0 Å². The summed E-state index contributed by atoms with van der Waals surface area (Å²) in [4.78, 5) is 31.7. The van der Waals surface area contributed by atoms with E-state index >= 15 is 0 Å². The SMILES string of the molecule is CC1(C)O[C@@H](CC2C(=O)N(Cc3ccccc3)c3ccccc32)[C@H](CC2C(=O)N(Cc3ccccc3)c3ccccc32)O1. The zero-order chi connectivity index (χ0) is 29.6. The van der Waals surface area contributed by atoms with E-state index in [0.717, 1.165) is 33.6 Å². The third-order valence-electron chi connectivity index (χ3n) is 8.92. The van der Waals surface area contributed by atoms with E-state index in [0.29, 0.717) is 25.9 Å². The number of fused-ring (bicyclic) bond motifs is 2. The van der Waals surface area contributed by atoms with E-state index < -0.39 is 5.79 Å². The highest BCUT2D eigenvalue weighted by Crippen LogP contribution is 2.47. The van der Waals surface area contributed by atoms with E-state index in [4.69, 9.17) is 9.47 Å². The van der Waals surface area contributed by atoms with E-state index in [-0.39, 0.29) is 35.9 Å². The number of ether oxygens (including phenoxy) is 2. The van der Waals surface area contributed by atoms with Crippen molar-refractivity contribution in [1.29, 1.82) is 0 Å². The molecular formula is C37H36N2O4. The van der Waals surface area contributed by atoms with Crippen molar-refractivity contribution in [3.8, 4) is 0 Å². The number of carbonyl (C=O) groups excluding carboxylic acids is 2. The Kier molecular flexibility index (Phi) is 7.12. The average molecular weight is 573 g/mol. The van der Waals surface area contributed by atoms with Gasteiger partial charge in [-0.3, -0.25) is 9.59 Å². The van der Waals surface area contributed by atoms with Gasteiger partial charge in [0, 0.05) is 11.4 Å². The van der Waals surface area contributed by atoms with Gasteiger partial charge in [-0.15, -0.1) is 0 Å². The van der Waals surface area contributed by atoms with E-state index in [9.17, 15) is 9.59 Å². The molecule has 2 unspecified atom stereocenters. The van der Waals surface area contributed by atoms with Crippen molar-refractivity contribution < 1.29 is 19.1 Å². The Labute approximate surface area is 252 Å². The van der Waals surface area contributed by atoms with Crippen LogP contribution in [0.1, 0.15) is 60.8 Å². The number of nitrogens with zero attached hydrogens (tertiary/aromatic N) is 2. The van der Waals surface area contributed by atoms with Gasteiger partial charge >= 0.3 is 0 Å². The summed E-state index contributed by atoms with van der Waals surface area (Å²) < 4.78 is 13.0. The molecule has 218 valence electrons. The fraction of sp³-hybridized carbons (Fsp3) is 0.297. The number of hydrogen-bond donors (Lipinski definition) is 0. The van der Waals surface area contributed by atoms with Crippen LogP contribution in [0.15, 0.2) is 109 Å². The molecule has 3 aliphatic rings. The Balaban J connectivity index is 1.14. The summed E-state index contributed by atoms with van der Waals surface area (Å²) in [6.07, 6.45) is 0.311. The third-order valence-corrected chi connectivity index (χ3v) is 8.92. The van der Waals surface area contributed by atoms with Gasteiger partial charge in [0.1, 0.15) is 0 Å². The highest BCUT2D eigenvalue weighted by atomic mass is 16.7. The molecule has 6 heteroatoms. The second-order valence-corrected chi connectivity index (χ2v) is 12.2. The van der Waals surface area contributed by atoms with Crippen molar-refractivity contribution in [2.75, 3.05) is 9.80 Å². The lowest BCUT2D eigenvalue weighted by molar-refractivity contribution is -0.149. The topological polar surface area (TPSA) is 59.1 Å². The molecule has 43 heavy (non-hydrogen) atoms. The summed E-state index contributed by atoms with van der Waals surface area (Å²) in [6.45, 7) is 4.87. The number of hydrogen-bond acceptors (Lipinski definition) is 4. The summed E-state index contributed by atoms with van der Waals surface area (Å²) in [5.74, 6) is -1.34. The van der Waals surface area contributed by atoms with E-state index in [1.54, 1.807) is 0 Å². The van der Waals surface area contributed by atoms with Gasteiger partial charge in [0.05, 0.1) is 37.1 Å². The minimum atomic E-state index is -0.814. The Morgan fingerprint density at radius 2 is 0.930 bits per heavy atom. The normalized spacial score (nSPS) is 24.0. The highest BCUT2D eigenvalue weighted by molar-refractivity contribution is 6.05. The van der Waals surface area contributed by atoms with Crippen molar-refractivity contribution in [1.82, 2.24) is 0 Å². The smallest absolute Gasteiger partial charge is 0.235 e. The van der Waals surface area contributed by atoms with Crippen LogP contribution in [-0.2, 0) is 32.2 Å². The summed E-state index contributed by atoms with van der Waals surface area (Å²) in [6, 6.07) is 36.3. The van der Waals surface area contributed by atoms with Crippen LogP contribution in [0.25, 0.3) is 0 Å². The molecule has 6 nitrogen and oxygen atoms in total. The predicted molar refractivity (Wildman–Crippen MR) is 167 cm³/mol. The molecule has 2 amide bonds. The van der Waals surface area contributed by atoms with Crippen molar-refractivity contribution in [2.45, 2.75) is 69.6 Å². The molecule has 0 saturated carbocycles. The summed E-state index contributed by atoms with van der Waals surface area (Å²) in [5, 5.41) is 0. The van der Waals surface area contributed by atoms with E-state index in [1.165, 1.54) is 0 Å². The van der Waals surface area contributed by atoms with Gasteiger partial charge in [-0.2, -0.15) is 0 Å². The first-order chi connectivity index (χ1) is 20.9. The maximum absolute atomic E-state index is 14.0. The van der Waals surface area contributed by atoms with Crippen LogP contribution in [-0.4, -0.2) is 29.8 Å². The average Bonchev–Trinajstić information content (AvgIpc) is 3.56. The number of amides is 2. The minimum absolute atomic E-state index is 0.0773. The standard InChI is InChI=1S/C37H36N2O4/c1-37(2)42-33(21-29-27-17-9-11-19-31(27)38(35(29)40)23-25-13-5-3-6-14-25)34(43-37)22-30-28-18-10-12-20-32(28)39(36(30)41)24-26-15-7-4-8-16-26/h3-20,29-30,33-34H,21-24H2,1-2H3/t29?,30?,33-,34-/m0/s1. The molecule has 4 atom stereocenters. The molecule has 0 radical (unpaired) electrons. The number of benzene rings is 4. The zero-order valence-electron chi connectivity index (χ0n) is 24.6. The van der Waals surface area contributed by atoms with Crippen LogP contribution < -0.4 is 9.80 Å². The Hall–Kier alpha value is -4.26. The van der Waals surface area contributed by atoms with Crippen molar-refractivity contribution in [2.24, 2.45) is 0 Å². The fourth-order valence-corrected chi connectivity index (χ4v) is 7.02. The Morgan fingerprint density at radius 3 is 1.35 bits per heavy atom. The first kappa shape index (κ1) is 27.6. The Morgan fingerprint density at radius 1 is 0.558 bits per heavy atom. The number of carbonyl (C=O) groups is 2. The molecule has 1 saturated heterocycles. The summed E-state index contributed by atoms with van der Waals surface area (Å²) in [5.41, 5.74) is 6.12. The van der Waals surface area contributed by atoms with Crippen molar-refractivity contribution >= 4 is 23.2 Å². The lowest BCUT2D eigenvalue weighted by Crippen LogP contribution is -2.34. The van der Waals surface area contributed by atoms with E-state index in [2.05, 4.69) is 12.1 Å². The molecule has 4 aromatic carbocycles. The largest absolute Gasteiger partial charge is 0.345 e. The van der Waals surface area contributed by atoms with Gasteiger partial charge in [-0.25, -0.2) is 0 Å². The second-order valence-electron chi connectivity index (χ2n) is 12.2. The third kappa shape index (κ3) is 5.26. The molecule has 0 N–H and O–H groups in total. The first-order valence-electron chi connectivity index (χ1n) is 15.1. The van der Waals surface area contributed by atoms with Gasteiger partial charge in [0.25, 0.3) is 0 Å². The van der Waals surface area contributed by atoms with Crippen LogP contribution in [0.5, 0.6) is 0 Å². The second kappa shape index (κ2) is 11.1. The lowest BCUT2D eigenvalue weighted by atomic mass is 9.88. The van der Waals surface area contributed by atoms with Gasteiger partial charge in [0.15, 0.2) is 5.79 Å². The van der Waals surface area contributed by atoms with Crippen LogP contribution in [0.4, 0.5) is 11.4 Å². The molecule has 0 bridgehead atoms. The van der Waals surface area contributed by atoms with Crippen molar-refractivity contribution in [3.63, 3.8) is 0 Å². The molecule has 1 fully saturated rings. The number of para-hydroxylation sites is 2. The minimum Gasteiger partial charge on any atom is -0.345 e. The molecular weight excluding hydrogens is 536 g/mol. The van der Waals surface area contributed by atoms with Crippen LogP contribution in [0, 0.1) is 0 Å². The van der Waals surface area contributed by atoms with E-state index in [1.807, 2.05) is 121 Å². The molecule has 4 aromatic rings. The highest BCUT2D eigenvalue weighted by Gasteiger charge is 2.49. The quantitative estimate of drug-likeness (QED) is 0.229. The fourth-order valence-electron chi connectivity index (χ4n) is 7.02. The van der Waals surface area contributed by atoms with Gasteiger partial charge in [-0.1, -0.05) is 97.1 Å². The Bertz CT molecular complexity index is 1520. The van der Waals surface area contributed by atoms with Crippen LogP contribution >= 0.6 is 0 Å². The van der Waals surface area contributed by atoms with Crippen molar-refractivity contribution in [3.05, 3.63) is 131 Å². The first-order valence-corrected chi connectivity index (χ1v) is 15.1. The summed E-state index contributed by atoms with van der Waals surface area (Å²) in [7, 11) is 0. The zero-order valence-corrected chi connectivity index (χ0v) is 24.6. The monoisotopic (exact) mass is 572 g/mol. The maximum Gasteiger partial charge on any atom is 0.235 e. The van der Waals surface area contributed by atoms with Gasteiger partial charge in [-0.05, 0) is 61.1 Å².